The molecule has 0 spiro atoms. The van der Waals surface area contributed by atoms with Crippen molar-refractivity contribution in [1.82, 2.24) is 4.90 Å². The molecule has 174 valence electrons. The Morgan fingerprint density at radius 1 is 0.793 bits per heavy atom. The van der Waals surface area contributed by atoms with E-state index in [-0.39, 0.29) is 0 Å². The predicted octanol–water partition coefficient (Wildman–Crippen LogP) is 7.80. The molecule has 29 heavy (non-hydrogen) atoms. The third kappa shape index (κ3) is 23.3. The molecule has 0 aliphatic carbocycles. The van der Waals surface area contributed by atoms with Crippen LogP contribution >= 0.6 is 0 Å². The van der Waals surface area contributed by atoms with Crippen LogP contribution in [0.2, 0.25) is 0 Å². The highest BCUT2D eigenvalue weighted by Crippen LogP contribution is 2.21. The largest absolute Gasteiger partial charge is 0.478 e. The monoisotopic (exact) mass is 411 g/mol. The zero-order valence-electron chi connectivity index (χ0n) is 21.1. The van der Waals surface area contributed by atoms with Gasteiger partial charge in [0.1, 0.15) is 0 Å². The van der Waals surface area contributed by atoms with Crippen molar-refractivity contribution in [3.05, 3.63) is 11.6 Å². The lowest BCUT2D eigenvalue weighted by molar-refractivity contribution is -0.131. The molecule has 0 fully saturated rings. The summed E-state index contributed by atoms with van der Waals surface area (Å²) in [7, 11) is 0. The predicted molar refractivity (Wildman–Crippen MR) is 130 cm³/mol. The number of hydrogen-bond acceptors (Lipinski definition) is 2. The summed E-state index contributed by atoms with van der Waals surface area (Å²) in [6.45, 7) is 21.4. The number of carbonyl (C=O) groups is 1. The fraction of sp³-hybridized carbons (Fsp3) is 0.885. The first-order chi connectivity index (χ1) is 13.7. The number of aliphatic carboxylic acids is 1. The van der Waals surface area contributed by atoms with Gasteiger partial charge in [-0.1, -0.05) is 99.0 Å². The van der Waals surface area contributed by atoms with Crippen LogP contribution in [0.5, 0.6) is 0 Å². The van der Waals surface area contributed by atoms with Gasteiger partial charge in [-0.3, -0.25) is 0 Å². The third-order valence-corrected chi connectivity index (χ3v) is 5.85. The molecule has 3 heteroatoms. The fourth-order valence-electron chi connectivity index (χ4n) is 3.66. The van der Waals surface area contributed by atoms with Gasteiger partial charge in [-0.25, -0.2) is 4.79 Å². The van der Waals surface area contributed by atoms with Crippen molar-refractivity contribution in [2.24, 2.45) is 17.8 Å². The summed E-state index contributed by atoms with van der Waals surface area (Å²) in [6.07, 6.45) is 12.7. The summed E-state index contributed by atoms with van der Waals surface area (Å²) in [6, 6.07) is 0. The van der Waals surface area contributed by atoms with Crippen LogP contribution in [0, 0.1) is 17.8 Å². The SMILES string of the molecule is C/C(=C\C(=O)O)CCC[C@H](C)CCC[C@H](C)CCCC(C)C.CCN(CC)CC. The lowest BCUT2D eigenvalue weighted by Crippen LogP contribution is -2.21. The Hall–Kier alpha value is -0.830. The molecule has 0 bridgehead atoms. The van der Waals surface area contributed by atoms with E-state index in [1.807, 2.05) is 6.92 Å². The normalized spacial score (nSPS) is 13.9. The average Bonchev–Trinajstić information content (AvgIpc) is 2.62. The van der Waals surface area contributed by atoms with E-state index in [0.717, 1.165) is 36.2 Å². The number of carboxylic acids is 1. The Morgan fingerprint density at radius 2 is 1.21 bits per heavy atom. The van der Waals surface area contributed by atoms with E-state index < -0.39 is 5.97 Å². The zero-order chi connectivity index (χ0) is 22.7. The summed E-state index contributed by atoms with van der Waals surface area (Å²) >= 11 is 0. The molecule has 0 saturated carbocycles. The molecule has 0 amide bonds. The topological polar surface area (TPSA) is 40.5 Å². The first kappa shape index (κ1) is 30.4. The van der Waals surface area contributed by atoms with Gasteiger partial charge in [0.15, 0.2) is 0 Å². The van der Waals surface area contributed by atoms with Gasteiger partial charge in [-0.05, 0) is 57.2 Å². The number of allylic oxidation sites excluding steroid dienone is 1. The van der Waals surface area contributed by atoms with Crippen LogP contribution in [0.3, 0.4) is 0 Å². The van der Waals surface area contributed by atoms with Gasteiger partial charge < -0.3 is 10.0 Å². The van der Waals surface area contributed by atoms with Crippen molar-refractivity contribution in [3.63, 3.8) is 0 Å². The van der Waals surface area contributed by atoms with Crippen LogP contribution < -0.4 is 0 Å². The molecule has 0 rings (SSSR count). The highest BCUT2D eigenvalue weighted by Gasteiger charge is 2.06. The molecule has 0 radical (unpaired) electrons. The van der Waals surface area contributed by atoms with Crippen LogP contribution in [-0.4, -0.2) is 35.6 Å². The van der Waals surface area contributed by atoms with E-state index in [2.05, 4.69) is 53.4 Å². The number of hydrogen-bond donors (Lipinski definition) is 1. The van der Waals surface area contributed by atoms with E-state index in [1.54, 1.807) is 0 Å². The van der Waals surface area contributed by atoms with Crippen molar-refractivity contribution < 1.29 is 9.90 Å². The minimum Gasteiger partial charge on any atom is -0.478 e. The Kier molecular flexibility index (Phi) is 21.4. The van der Waals surface area contributed by atoms with E-state index in [4.69, 9.17) is 5.11 Å². The maximum absolute atomic E-state index is 10.5. The van der Waals surface area contributed by atoms with Crippen LogP contribution in [0.25, 0.3) is 0 Å². The van der Waals surface area contributed by atoms with Crippen LogP contribution in [0.15, 0.2) is 11.6 Å². The van der Waals surface area contributed by atoms with Crippen molar-refractivity contribution in [2.45, 2.75) is 113 Å². The maximum atomic E-state index is 10.5. The second-order valence-corrected chi connectivity index (χ2v) is 9.31. The molecule has 0 aliphatic rings. The molecule has 0 heterocycles. The Bertz CT molecular complexity index is 394. The third-order valence-electron chi connectivity index (χ3n) is 5.85. The lowest BCUT2D eigenvalue weighted by Gasteiger charge is -2.15. The summed E-state index contributed by atoms with van der Waals surface area (Å²) in [5.74, 6) is 1.65. The summed E-state index contributed by atoms with van der Waals surface area (Å²) in [5.41, 5.74) is 0.985. The van der Waals surface area contributed by atoms with Gasteiger partial charge in [-0.2, -0.15) is 0 Å². The molecular formula is C26H53NO2. The zero-order valence-corrected chi connectivity index (χ0v) is 21.1. The highest BCUT2D eigenvalue weighted by atomic mass is 16.4. The van der Waals surface area contributed by atoms with Gasteiger partial charge in [0, 0.05) is 6.08 Å². The van der Waals surface area contributed by atoms with E-state index in [9.17, 15) is 4.79 Å². The lowest BCUT2D eigenvalue weighted by atomic mass is 9.91. The van der Waals surface area contributed by atoms with Crippen LogP contribution in [0.4, 0.5) is 0 Å². The Labute approximate surface area is 183 Å². The number of nitrogens with zero attached hydrogens (tertiary/aromatic N) is 1. The number of rotatable bonds is 16. The summed E-state index contributed by atoms with van der Waals surface area (Å²) < 4.78 is 0. The highest BCUT2D eigenvalue weighted by molar-refractivity contribution is 5.80. The smallest absolute Gasteiger partial charge is 0.328 e. The molecule has 0 aliphatic heterocycles. The Balaban J connectivity index is 0. The van der Waals surface area contributed by atoms with Crippen LogP contribution in [-0.2, 0) is 4.79 Å². The molecule has 2 atom stereocenters. The van der Waals surface area contributed by atoms with E-state index in [1.165, 1.54) is 70.7 Å². The first-order valence-electron chi connectivity index (χ1n) is 12.3. The van der Waals surface area contributed by atoms with Gasteiger partial charge >= 0.3 is 5.97 Å². The second-order valence-electron chi connectivity index (χ2n) is 9.31. The molecule has 1 N–H and O–H groups in total. The molecule has 0 aromatic carbocycles. The second kappa shape index (κ2) is 20.4. The van der Waals surface area contributed by atoms with Gasteiger partial charge in [-0.15, -0.1) is 0 Å². The van der Waals surface area contributed by atoms with E-state index >= 15 is 0 Å². The van der Waals surface area contributed by atoms with Crippen molar-refractivity contribution in [1.29, 1.82) is 0 Å². The van der Waals surface area contributed by atoms with E-state index in [0.29, 0.717) is 0 Å². The first-order valence-corrected chi connectivity index (χ1v) is 12.3. The quantitative estimate of drug-likeness (QED) is 0.263. The molecule has 0 unspecified atom stereocenters. The van der Waals surface area contributed by atoms with Crippen molar-refractivity contribution in [3.8, 4) is 0 Å². The maximum Gasteiger partial charge on any atom is 0.328 e. The van der Waals surface area contributed by atoms with Crippen molar-refractivity contribution >= 4 is 5.97 Å². The number of carboxylic acid groups (broad SMARTS) is 1. The van der Waals surface area contributed by atoms with Gasteiger partial charge in [0.05, 0.1) is 0 Å². The molecule has 0 aromatic heterocycles. The van der Waals surface area contributed by atoms with Crippen molar-refractivity contribution in [2.75, 3.05) is 19.6 Å². The average molecular weight is 412 g/mol. The molecular weight excluding hydrogens is 358 g/mol. The van der Waals surface area contributed by atoms with Crippen LogP contribution in [0.1, 0.15) is 113 Å². The molecule has 0 aromatic rings. The standard InChI is InChI=1S/C20H38O2.C6H15N/c1-16(2)9-6-10-17(3)11-7-12-18(4)13-8-14-19(5)15-20(21)22;1-4-7(5-2)6-3/h15-18H,6-14H2,1-5H3,(H,21,22);4-6H2,1-3H3/b19-15+;/t17-,18-;/m1./s1. The summed E-state index contributed by atoms with van der Waals surface area (Å²) in [5, 5.41) is 8.68. The molecule has 0 saturated heterocycles. The fourth-order valence-corrected chi connectivity index (χ4v) is 3.66. The summed E-state index contributed by atoms with van der Waals surface area (Å²) in [4.78, 5) is 12.9. The Morgan fingerprint density at radius 3 is 1.55 bits per heavy atom. The minimum atomic E-state index is -0.822. The van der Waals surface area contributed by atoms with Gasteiger partial charge in [0.25, 0.3) is 0 Å². The molecule has 3 nitrogen and oxygen atoms in total. The van der Waals surface area contributed by atoms with Gasteiger partial charge in [0.2, 0.25) is 0 Å². The minimum absolute atomic E-state index is 0.764.